The van der Waals surface area contributed by atoms with Crippen LogP contribution < -0.4 is 4.90 Å². The van der Waals surface area contributed by atoms with Crippen LogP contribution in [0.4, 0.5) is 11.4 Å². The van der Waals surface area contributed by atoms with E-state index in [1.54, 1.807) is 24.3 Å². The zero-order valence-electron chi connectivity index (χ0n) is 18.5. The van der Waals surface area contributed by atoms with Gasteiger partial charge in [0.1, 0.15) is 11.1 Å². The molecule has 0 saturated carbocycles. The van der Waals surface area contributed by atoms with Gasteiger partial charge in [0.25, 0.3) is 11.6 Å². The van der Waals surface area contributed by atoms with Gasteiger partial charge in [0.05, 0.1) is 4.92 Å². The monoisotopic (exact) mass is 470 g/mol. The molecule has 2 aliphatic rings. The molecule has 1 amide bonds. The van der Waals surface area contributed by atoms with Gasteiger partial charge in [-0.15, -0.1) is 0 Å². The van der Waals surface area contributed by atoms with Crippen molar-refractivity contribution in [3.8, 4) is 0 Å². The summed E-state index contributed by atoms with van der Waals surface area (Å²) in [6, 6.07) is 15.5. The lowest BCUT2D eigenvalue weighted by atomic mass is 9.82. The Labute approximate surface area is 199 Å². The van der Waals surface area contributed by atoms with Gasteiger partial charge in [0, 0.05) is 28.4 Å². The third-order valence-electron chi connectivity index (χ3n) is 6.27. The molecule has 9 nitrogen and oxygen atoms in total. The van der Waals surface area contributed by atoms with Crippen molar-refractivity contribution in [1.82, 2.24) is 0 Å². The van der Waals surface area contributed by atoms with Crippen LogP contribution in [0.3, 0.4) is 0 Å². The number of para-hydroxylation sites is 1. The van der Waals surface area contributed by atoms with Crippen molar-refractivity contribution in [3.05, 3.63) is 104 Å². The molecule has 1 aliphatic carbocycles. The lowest BCUT2D eigenvalue weighted by molar-refractivity contribution is -0.385. The van der Waals surface area contributed by atoms with Crippen LogP contribution >= 0.6 is 0 Å². The average molecular weight is 470 g/mol. The smallest absolute Gasteiger partial charge is 0.345 e. The SMILES string of the molecule is C[C@@H]1Cc2ccccc2N1C(=O)COC(=O)c1ccc2c(c1[N+](=O)[O-])C(=O)c1ccccc1C2=O. The number of ketones is 2. The predicted octanol–water partition coefficient (Wildman–Crippen LogP) is 3.50. The third-order valence-corrected chi connectivity index (χ3v) is 6.27. The third kappa shape index (κ3) is 3.48. The van der Waals surface area contributed by atoms with Gasteiger partial charge in [-0.05, 0) is 37.1 Å². The topological polar surface area (TPSA) is 124 Å². The van der Waals surface area contributed by atoms with Gasteiger partial charge < -0.3 is 9.64 Å². The van der Waals surface area contributed by atoms with Gasteiger partial charge in [0.15, 0.2) is 12.4 Å². The van der Waals surface area contributed by atoms with Crippen LogP contribution in [0.2, 0.25) is 0 Å². The van der Waals surface area contributed by atoms with Crippen LogP contribution in [0.1, 0.15) is 54.7 Å². The Bertz CT molecular complexity index is 1460. The van der Waals surface area contributed by atoms with Crippen LogP contribution in [0, 0.1) is 10.1 Å². The highest BCUT2D eigenvalue weighted by molar-refractivity contribution is 6.30. The van der Waals surface area contributed by atoms with Crippen molar-refractivity contribution in [3.63, 3.8) is 0 Å². The number of benzene rings is 3. The Morgan fingerprint density at radius 3 is 2.34 bits per heavy atom. The van der Waals surface area contributed by atoms with Crippen LogP contribution in [0.5, 0.6) is 0 Å². The number of nitrogens with zero attached hydrogens (tertiary/aromatic N) is 2. The quantitative estimate of drug-likeness (QED) is 0.254. The number of anilines is 1. The summed E-state index contributed by atoms with van der Waals surface area (Å²) in [4.78, 5) is 64.2. The molecule has 0 radical (unpaired) electrons. The Balaban J connectivity index is 1.44. The summed E-state index contributed by atoms with van der Waals surface area (Å²) in [6.45, 7) is 1.23. The van der Waals surface area contributed by atoms with E-state index >= 15 is 0 Å². The van der Waals surface area contributed by atoms with Gasteiger partial charge in [0.2, 0.25) is 5.78 Å². The Hall–Kier alpha value is -4.66. The molecule has 3 aromatic carbocycles. The molecule has 1 heterocycles. The number of nitro groups is 1. The number of ether oxygens (including phenoxy) is 1. The highest BCUT2D eigenvalue weighted by atomic mass is 16.6. The van der Waals surface area contributed by atoms with Crippen molar-refractivity contribution < 1.29 is 28.8 Å². The Kier molecular flexibility index (Phi) is 5.24. The van der Waals surface area contributed by atoms with E-state index in [0.717, 1.165) is 17.3 Å². The molecule has 0 spiro atoms. The second-order valence-corrected chi connectivity index (χ2v) is 8.37. The van der Waals surface area contributed by atoms with Gasteiger partial charge in [-0.3, -0.25) is 24.5 Å². The number of hydrogen-bond acceptors (Lipinski definition) is 7. The minimum absolute atomic E-state index is 0.0236. The van der Waals surface area contributed by atoms with E-state index in [0.29, 0.717) is 6.42 Å². The molecule has 9 heteroatoms. The fourth-order valence-electron chi connectivity index (χ4n) is 4.74. The normalized spacial score (nSPS) is 15.8. The molecule has 0 unspecified atom stereocenters. The van der Waals surface area contributed by atoms with Crippen molar-refractivity contribution >= 4 is 34.8 Å². The summed E-state index contributed by atoms with van der Waals surface area (Å²) in [5, 5.41) is 11.9. The van der Waals surface area contributed by atoms with E-state index in [2.05, 4.69) is 0 Å². The summed E-state index contributed by atoms with van der Waals surface area (Å²) in [7, 11) is 0. The number of esters is 1. The first-order valence-electron chi connectivity index (χ1n) is 10.9. The van der Waals surface area contributed by atoms with E-state index in [1.807, 2.05) is 19.1 Å². The molecule has 0 aromatic heterocycles. The summed E-state index contributed by atoms with van der Waals surface area (Å²) in [5.41, 5.74) is -0.0468. The van der Waals surface area contributed by atoms with E-state index in [-0.39, 0.29) is 22.7 Å². The number of hydrogen-bond donors (Lipinski definition) is 0. The summed E-state index contributed by atoms with van der Waals surface area (Å²) in [6.07, 6.45) is 0.657. The molecule has 1 aliphatic heterocycles. The summed E-state index contributed by atoms with van der Waals surface area (Å²) < 4.78 is 5.15. The lowest BCUT2D eigenvalue weighted by Gasteiger charge is -2.22. The molecule has 35 heavy (non-hydrogen) atoms. The Morgan fingerprint density at radius 2 is 1.63 bits per heavy atom. The zero-order chi connectivity index (χ0) is 24.9. The van der Waals surface area contributed by atoms with E-state index < -0.39 is 51.8 Å². The molecule has 0 bridgehead atoms. The Morgan fingerprint density at radius 1 is 0.971 bits per heavy atom. The minimum Gasteiger partial charge on any atom is -0.452 e. The molecule has 5 rings (SSSR count). The minimum atomic E-state index is -1.13. The molecular weight excluding hydrogens is 452 g/mol. The van der Waals surface area contributed by atoms with Gasteiger partial charge in [-0.2, -0.15) is 0 Å². The first-order valence-corrected chi connectivity index (χ1v) is 10.9. The highest BCUT2D eigenvalue weighted by Crippen LogP contribution is 2.36. The highest BCUT2D eigenvalue weighted by Gasteiger charge is 2.39. The number of carbonyl (C=O) groups is 4. The maximum absolute atomic E-state index is 13.1. The molecule has 174 valence electrons. The van der Waals surface area contributed by atoms with Crippen molar-refractivity contribution in [2.45, 2.75) is 19.4 Å². The number of nitro benzene ring substituents is 1. The maximum Gasteiger partial charge on any atom is 0.345 e. The van der Waals surface area contributed by atoms with E-state index in [9.17, 15) is 29.3 Å². The summed E-state index contributed by atoms with van der Waals surface area (Å²) in [5.74, 6) is -2.88. The van der Waals surface area contributed by atoms with Crippen LogP contribution in [0.25, 0.3) is 0 Å². The number of fused-ring (bicyclic) bond motifs is 3. The zero-order valence-corrected chi connectivity index (χ0v) is 18.5. The number of rotatable bonds is 4. The van der Waals surface area contributed by atoms with Gasteiger partial charge >= 0.3 is 5.97 Å². The van der Waals surface area contributed by atoms with Crippen molar-refractivity contribution in [2.75, 3.05) is 11.5 Å². The maximum atomic E-state index is 13.1. The van der Waals surface area contributed by atoms with Crippen LogP contribution in [-0.2, 0) is 16.0 Å². The molecule has 0 N–H and O–H groups in total. The van der Waals surface area contributed by atoms with Crippen molar-refractivity contribution in [1.29, 1.82) is 0 Å². The fraction of sp³-hybridized carbons (Fsp3) is 0.154. The fourth-order valence-corrected chi connectivity index (χ4v) is 4.74. The predicted molar refractivity (Wildman–Crippen MR) is 124 cm³/mol. The molecule has 3 aromatic rings. The summed E-state index contributed by atoms with van der Waals surface area (Å²) >= 11 is 0. The first-order chi connectivity index (χ1) is 16.8. The van der Waals surface area contributed by atoms with Gasteiger partial charge in [-0.1, -0.05) is 42.5 Å². The largest absolute Gasteiger partial charge is 0.452 e. The molecular formula is C26H18N2O7. The van der Waals surface area contributed by atoms with E-state index in [4.69, 9.17) is 4.74 Å². The molecule has 0 saturated heterocycles. The van der Waals surface area contributed by atoms with Gasteiger partial charge in [-0.25, -0.2) is 4.79 Å². The van der Waals surface area contributed by atoms with Crippen LogP contribution in [0.15, 0.2) is 60.7 Å². The second-order valence-electron chi connectivity index (χ2n) is 8.37. The average Bonchev–Trinajstić information content (AvgIpc) is 3.20. The van der Waals surface area contributed by atoms with Crippen LogP contribution in [-0.4, -0.2) is 41.0 Å². The lowest BCUT2D eigenvalue weighted by Crippen LogP contribution is -2.38. The molecule has 1 atom stereocenters. The number of amides is 1. The number of carbonyl (C=O) groups excluding carboxylic acids is 4. The standard InChI is InChI=1S/C26H18N2O7/c1-14-12-15-6-2-5-9-20(15)27(14)21(29)13-35-26(32)19-11-10-18-22(23(19)28(33)34)25(31)17-8-4-3-7-16(17)24(18)30/h2-11,14H,12-13H2,1H3/t14-/m1/s1. The van der Waals surface area contributed by atoms with E-state index in [1.165, 1.54) is 23.1 Å². The second kappa shape index (κ2) is 8.28. The first kappa shape index (κ1) is 22.1. The molecule has 0 fully saturated rings. The van der Waals surface area contributed by atoms with Crippen molar-refractivity contribution in [2.24, 2.45) is 0 Å².